The number of hydrogen-bond donors (Lipinski definition) is 2. The summed E-state index contributed by atoms with van der Waals surface area (Å²) in [4.78, 5) is 15.7. The zero-order valence-corrected chi connectivity index (χ0v) is 13.4. The first-order valence-corrected chi connectivity index (χ1v) is 7.41. The number of benzene rings is 1. The number of carboxylic acids is 1. The zero-order valence-electron chi connectivity index (χ0n) is 11.8. The maximum Gasteiger partial charge on any atom is 0.335 e. The van der Waals surface area contributed by atoms with Crippen molar-refractivity contribution in [3.05, 3.63) is 28.2 Å². The van der Waals surface area contributed by atoms with Crippen LogP contribution in [-0.4, -0.2) is 67.2 Å². The van der Waals surface area contributed by atoms with E-state index in [1.54, 1.807) is 12.1 Å². The van der Waals surface area contributed by atoms with Gasteiger partial charge in [-0.15, -0.1) is 0 Å². The minimum Gasteiger partial charge on any atom is -0.478 e. The Morgan fingerprint density at radius 3 is 2.85 bits per heavy atom. The summed E-state index contributed by atoms with van der Waals surface area (Å²) < 4.78 is 0.772. The lowest BCUT2D eigenvalue weighted by Crippen LogP contribution is -2.52. The van der Waals surface area contributed by atoms with E-state index in [1.807, 2.05) is 6.07 Å². The molecule has 2 rings (SSSR count). The monoisotopic (exact) mass is 341 g/mol. The summed E-state index contributed by atoms with van der Waals surface area (Å²) in [6, 6.07) is 5.60. The molecule has 1 aromatic rings. The normalized spacial score (nSPS) is 20.9. The highest BCUT2D eigenvalue weighted by Crippen LogP contribution is 2.20. The molecule has 2 N–H and O–H groups in total. The molecule has 1 aliphatic rings. The fourth-order valence-corrected chi connectivity index (χ4v) is 2.87. The molecule has 0 saturated carbocycles. The fraction of sp³-hybridized carbons (Fsp3) is 0.500. The molecular formula is C14H20BrN3O2. The van der Waals surface area contributed by atoms with Crippen LogP contribution in [0.15, 0.2) is 22.7 Å². The molecule has 20 heavy (non-hydrogen) atoms. The molecule has 0 bridgehead atoms. The van der Waals surface area contributed by atoms with Gasteiger partial charge in [0.1, 0.15) is 0 Å². The maximum atomic E-state index is 11.0. The average Bonchev–Trinajstić information content (AvgIpc) is 2.39. The lowest BCUT2D eigenvalue weighted by atomic mass is 10.1. The van der Waals surface area contributed by atoms with Gasteiger partial charge in [0, 0.05) is 42.4 Å². The second kappa shape index (κ2) is 6.56. The second-order valence-electron chi connectivity index (χ2n) is 5.31. The second-order valence-corrected chi connectivity index (χ2v) is 6.23. The van der Waals surface area contributed by atoms with Gasteiger partial charge in [-0.2, -0.15) is 0 Å². The summed E-state index contributed by atoms with van der Waals surface area (Å²) in [6.45, 7) is 3.97. The van der Waals surface area contributed by atoms with Gasteiger partial charge in [-0.1, -0.05) is 15.9 Å². The van der Waals surface area contributed by atoms with Crippen molar-refractivity contribution in [3.8, 4) is 0 Å². The van der Waals surface area contributed by atoms with E-state index < -0.39 is 5.97 Å². The molecule has 0 amide bonds. The van der Waals surface area contributed by atoms with E-state index in [0.29, 0.717) is 6.04 Å². The lowest BCUT2D eigenvalue weighted by molar-refractivity contribution is 0.0697. The molecule has 1 aromatic carbocycles. The van der Waals surface area contributed by atoms with Crippen LogP contribution in [0, 0.1) is 0 Å². The largest absolute Gasteiger partial charge is 0.478 e. The number of aromatic carboxylic acids is 1. The summed E-state index contributed by atoms with van der Waals surface area (Å²) in [7, 11) is 4.25. The molecule has 1 aliphatic heterocycles. The van der Waals surface area contributed by atoms with E-state index in [0.717, 1.165) is 36.3 Å². The molecule has 5 nitrogen and oxygen atoms in total. The first-order valence-electron chi connectivity index (χ1n) is 6.62. The third-order valence-electron chi connectivity index (χ3n) is 3.67. The Hall–Kier alpha value is -1.11. The lowest BCUT2D eigenvalue weighted by Gasteiger charge is -2.37. The van der Waals surface area contributed by atoms with Crippen molar-refractivity contribution in [2.45, 2.75) is 6.04 Å². The standard InChI is InChI=1S/C14H20BrN3O2/c1-17-3-4-18(2)13(9-17)8-16-12-6-10(14(19)20)5-11(15)7-12/h5-7,13,16H,3-4,8-9H2,1-2H3,(H,19,20). The van der Waals surface area contributed by atoms with E-state index in [2.05, 4.69) is 45.1 Å². The van der Waals surface area contributed by atoms with Gasteiger partial charge in [0.15, 0.2) is 0 Å². The van der Waals surface area contributed by atoms with Crippen LogP contribution in [0.4, 0.5) is 5.69 Å². The molecule has 0 aromatic heterocycles. The van der Waals surface area contributed by atoms with Crippen molar-refractivity contribution in [2.24, 2.45) is 0 Å². The number of likely N-dealkylation sites (N-methyl/N-ethyl adjacent to an activating group) is 2. The number of nitrogens with one attached hydrogen (secondary N) is 1. The van der Waals surface area contributed by atoms with Crippen molar-refractivity contribution < 1.29 is 9.90 Å². The minimum atomic E-state index is -0.913. The van der Waals surface area contributed by atoms with Gasteiger partial charge in [0.05, 0.1) is 5.56 Å². The highest BCUT2D eigenvalue weighted by Gasteiger charge is 2.21. The molecule has 0 spiro atoms. The van der Waals surface area contributed by atoms with Gasteiger partial charge in [0.25, 0.3) is 0 Å². The van der Waals surface area contributed by atoms with Crippen LogP contribution in [0.5, 0.6) is 0 Å². The first kappa shape index (κ1) is 15.3. The molecule has 1 unspecified atom stereocenters. The first-order chi connectivity index (χ1) is 9.45. The molecule has 1 fully saturated rings. The van der Waals surface area contributed by atoms with Gasteiger partial charge in [0.2, 0.25) is 0 Å². The van der Waals surface area contributed by atoms with E-state index in [1.165, 1.54) is 0 Å². The highest BCUT2D eigenvalue weighted by molar-refractivity contribution is 9.10. The quantitative estimate of drug-likeness (QED) is 0.874. The Morgan fingerprint density at radius 1 is 1.40 bits per heavy atom. The number of carboxylic acid groups (broad SMARTS) is 1. The Morgan fingerprint density at radius 2 is 2.15 bits per heavy atom. The molecule has 6 heteroatoms. The maximum absolute atomic E-state index is 11.0. The molecule has 1 atom stereocenters. The summed E-state index contributed by atoms with van der Waals surface area (Å²) in [5, 5.41) is 12.4. The Balaban J connectivity index is 2.01. The summed E-state index contributed by atoms with van der Waals surface area (Å²) in [5.74, 6) is -0.913. The number of nitrogens with zero attached hydrogens (tertiary/aromatic N) is 2. The molecule has 1 saturated heterocycles. The van der Waals surface area contributed by atoms with E-state index in [4.69, 9.17) is 5.11 Å². The van der Waals surface area contributed by atoms with Gasteiger partial charge < -0.3 is 15.3 Å². The van der Waals surface area contributed by atoms with E-state index >= 15 is 0 Å². The molecule has 0 radical (unpaired) electrons. The predicted octanol–water partition coefficient (Wildman–Crippen LogP) is 1.80. The van der Waals surface area contributed by atoms with Crippen molar-refractivity contribution >= 4 is 27.6 Å². The van der Waals surface area contributed by atoms with Gasteiger partial charge in [-0.3, -0.25) is 4.90 Å². The van der Waals surface area contributed by atoms with Crippen LogP contribution in [0.2, 0.25) is 0 Å². The topological polar surface area (TPSA) is 55.8 Å². The Labute approximate surface area is 127 Å². The van der Waals surface area contributed by atoms with Gasteiger partial charge in [-0.25, -0.2) is 4.79 Å². The van der Waals surface area contributed by atoms with Crippen molar-refractivity contribution in [3.63, 3.8) is 0 Å². The van der Waals surface area contributed by atoms with Crippen LogP contribution in [0.3, 0.4) is 0 Å². The number of rotatable bonds is 4. The van der Waals surface area contributed by atoms with Crippen LogP contribution in [0.1, 0.15) is 10.4 Å². The third-order valence-corrected chi connectivity index (χ3v) is 4.12. The number of halogens is 1. The van der Waals surface area contributed by atoms with Crippen LogP contribution in [0.25, 0.3) is 0 Å². The predicted molar refractivity (Wildman–Crippen MR) is 83.5 cm³/mol. The Bertz CT molecular complexity index is 495. The van der Waals surface area contributed by atoms with E-state index in [9.17, 15) is 4.79 Å². The van der Waals surface area contributed by atoms with Crippen LogP contribution < -0.4 is 5.32 Å². The van der Waals surface area contributed by atoms with Crippen LogP contribution >= 0.6 is 15.9 Å². The van der Waals surface area contributed by atoms with Crippen molar-refractivity contribution in [2.75, 3.05) is 45.6 Å². The smallest absolute Gasteiger partial charge is 0.335 e. The molecule has 1 heterocycles. The summed E-state index contributed by atoms with van der Waals surface area (Å²) >= 11 is 3.35. The van der Waals surface area contributed by atoms with Crippen molar-refractivity contribution in [1.29, 1.82) is 0 Å². The highest BCUT2D eigenvalue weighted by atomic mass is 79.9. The van der Waals surface area contributed by atoms with Gasteiger partial charge >= 0.3 is 5.97 Å². The minimum absolute atomic E-state index is 0.288. The average molecular weight is 342 g/mol. The Kier molecular flexibility index (Phi) is 5.01. The van der Waals surface area contributed by atoms with E-state index in [-0.39, 0.29) is 5.56 Å². The SMILES string of the molecule is CN1CCN(C)C(CNc2cc(Br)cc(C(=O)O)c2)C1. The summed E-state index contributed by atoms with van der Waals surface area (Å²) in [6.07, 6.45) is 0. The van der Waals surface area contributed by atoms with Gasteiger partial charge in [-0.05, 0) is 32.3 Å². The molecule has 0 aliphatic carbocycles. The van der Waals surface area contributed by atoms with Crippen LogP contribution in [-0.2, 0) is 0 Å². The van der Waals surface area contributed by atoms with Crippen molar-refractivity contribution in [1.82, 2.24) is 9.80 Å². The summed E-state index contributed by atoms with van der Waals surface area (Å²) in [5.41, 5.74) is 1.12. The fourth-order valence-electron chi connectivity index (χ4n) is 2.37. The molecule has 110 valence electrons. The number of piperazine rings is 1. The molecular weight excluding hydrogens is 322 g/mol. The third kappa shape index (κ3) is 3.94. The number of anilines is 1. The number of hydrogen-bond acceptors (Lipinski definition) is 4. The number of carbonyl (C=O) groups is 1. The zero-order chi connectivity index (χ0) is 14.7.